The van der Waals surface area contributed by atoms with Crippen molar-refractivity contribution in [3.05, 3.63) is 11.6 Å². The van der Waals surface area contributed by atoms with Gasteiger partial charge in [-0.1, -0.05) is 44.8 Å². The van der Waals surface area contributed by atoms with Gasteiger partial charge < -0.3 is 5.32 Å². The molecule has 0 saturated heterocycles. The lowest BCUT2D eigenvalue weighted by Gasteiger charge is -2.35. The summed E-state index contributed by atoms with van der Waals surface area (Å²) >= 11 is 0. The number of allylic oxidation sites excluding steroid dienone is 2. The second-order valence-electron chi connectivity index (χ2n) is 6.46. The lowest BCUT2D eigenvalue weighted by atomic mass is 9.75. The van der Waals surface area contributed by atoms with E-state index in [4.69, 9.17) is 0 Å². The minimum Gasteiger partial charge on any atom is -0.314 e. The maximum absolute atomic E-state index is 3.84. The van der Waals surface area contributed by atoms with E-state index < -0.39 is 0 Å². The molecule has 98 valence electrons. The van der Waals surface area contributed by atoms with Crippen LogP contribution in [0.2, 0.25) is 0 Å². The van der Waals surface area contributed by atoms with Crippen molar-refractivity contribution in [2.24, 2.45) is 17.8 Å². The summed E-state index contributed by atoms with van der Waals surface area (Å²) in [4.78, 5) is 0. The molecule has 1 nitrogen and oxygen atoms in total. The van der Waals surface area contributed by atoms with Gasteiger partial charge in [0.1, 0.15) is 0 Å². The zero-order valence-electron chi connectivity index (χ0n) is 11.8. The topological polar surface area (TPSA) is 12.0 Å². The molecular weight excluding hydrogens is 206 g/mol. The van der Waals surface area contributed by atoms with Gasteiger partial charge in [-0.2, -0.15) is 0 Å². The van der Waals surface area contributed by atoms with Crippen molar-refractivity contribution in [2.75, 3.05) is 6.54 Å². The number of nitrogens with one attached hydrogen (secondary N) is 1. The van der Waals surface area contributed by atoms with Crippen LogP contribution in [0.25, 0.3) is 0 Å². The third-order valence-corrected chi connectivity index (χ3v) is 4.85. The minimum atomic E-state index is 0.759. The van der Waals surface area contributed by atoms with Crippen LogP contribution < -0.4 is 5.32 Å². The zero-order chi connectivity index (χ0) is 12.3. The van der Waals surface area contributed by atoms with Gasteiger partial charge in [-0.05, 0) is 50.5 Å². The third-order valence-electron chi connectivity index (χ3n) is 4.85. The molecule has 3 atom stereocenters. The molecule has 0 aliphatic heterocycles. The SMILES string of the molecule is CC1=C[C@H](C)[C@H](CNC2CCCCC2)[C@@H](C)C1. The molecular formula is C16H29N. The van der Waals surface area contributed by atoms with Crippen molar-refractivity contribution in [1.82, 2.24) is 5.32 Å². The number of hydrogen-bond donors (Lipinski definition) is 1. The third kappa shape index (κ3) is 3.58. The second-order valence-corrected chi connectivity index (χ2v) is 6.46. The van der Waals surface area contributed by atoms with E-state index in [1.165, 1.54) is 45.1 Å². The van der Waals surface area contributed by atoms with Gasteiger partial charge in [-0.3, -0.25) is 0 Å². The zero-order valence-corrected chi connectivity index (χ0v) is 11.8. The molecule has 1 N–H and O–H groups in total. The van der Waals surface area contributed by atoms with Crippen LogP contribution in [0.4, 0.5) is 0 Å². The molecule has 0 spiro atoms. The molecule has 0 aromatic carbocycles. The first-order valence-corrected chi connectivity index (χ1v) is 7.57. The van der Waals surface area contributed by atoms with Crippen LogP contribution >= 0.6 is 0 Å². The Hall–Kier alpha value is -0.300. The maximum atomic E-state index is 3.84. The predicted octanol–water partition coefficient (Wildman–Crippen LogP) is 4.15. The fourth-order valence-electron chi connectivity index (χ4n) is 3.81. The van der Waals surface area contributed by atoms with Gasteiger partial charge in [0.05, 0.1) is 0 Å². The van der Waals surface area contributed by atoms with Crippen LogP contribution in [0.1, 0.15) is 59.3 Å². The summed E-state index contributed by atoms with van der Waals surface area (Å²) in [5.74, 6) is 2.46. The van der Waals surface area contributed by atoms with Crippen LogP contribution in [0.5, 0.6) is 0 Å². The van der Waals surface area contributed by atoms with E-state index in [9.17, 15) is 0 Å². The van der Waals surface area contributed by atoms with Crippen molar-refractivity contribution in [3.63, 3.8) is 0 Å². The van der Waals surface area contributed by atoms with Crippen molar-refractivity contribution < 1.29 is 0 Å². The van der Waals surface area contributed by atoms with Gasteiger partial charge in [-0.15, -0.1) is 0 Å². The molecule has 0 unspecified atom stereocenters. The normalized spacial score (nSPS) is 35.7. The van der Waals surface area contributed by atoms with E-state index in [2.05, 4.69) is 32.2 Å². The van der Waals surface area contributed by atoms with Gasteiger partial charge in [-0.25, -0.2) is 0 Å². The van der Waals surface area contributed by atoms with E-state index in [0.717, 1.165) is 23.8 Å². The fourth-order valence-corrected chi connectivity index (χ4v) is 3.81. The molecule has 1 saturated carbocycles. The molecule has 0 radical (unpaired) electrons. The van der Waals surface area contributed by atoms with E-state index in [1.54, 1.807) is 5.57 Å². The van der Waals surface area contributed by atoms with Crippen molar-refractivity contribution >= 4 is 0 Å². The molecule has 0 heterocycles. The minimum absolute atomic E-state index is 0.759. The Kier molecular flexibility index (Phi) is 4.67. The van der Waals surface area contributed by atoms with Crippen LogP contribution in [-0.2, 0) is 0 Å². The molecule has 0 aromatic rings. The Bertz CT molecular complexity index is 263. The highest BCUT2D eigenvalue weighted by Crippen LogP contribution is 2.33. The van der Waals surface area contributed by atoms with Crippen molar-refractivity contribution in [1.29, 1.82) is 0 Å². The summed E-state index contributed by atoms with van der Waals surface area (Å²) in [5, 5.41) is 3.84. The standard InChI is InChI=1S/C16H29N/c1-12-9-13(2)16(14(3)10-12)11-17-15-7-5-4-6-8-15/h9,13-17H,4-8,10-11H2,1-3H3/t13-,14-,16-/m0/s1. The van der Waals surface area contributed by atoms with Crippen LogP contribution in [0, 0.1) is 17.8 Å². The van der Waals surface area contributed by atoms with Gasteiger partial charge in [0, 0.05) is 6.04 Å². The van der Waals surface area contributed by atoms with E-state index in [1.807, 2.05) is 0 Å². The molecule has 2 rings (SSSR count). The van der Waals surface area contributed by atoms with Gasteiger partial charge in [0.25, 0.3) is 0 Å². The Morgan fingerprint density at radius 3 is 2.53 bits per heavy atom. The number of hydrogen-bond acceptors (Lipinski definition) is 1. The first kappa shape index (κ1) is 13.1. The van der Waals surface area contributed by atoms with E-state index >= 15 is 0 Å². The van der Waals surface area contributed by atoms with Crippen LogP contribution in [0.3, 0.4) is 0 Å². The number of rotatable bonds is 3. The first-order valence-electron chi connectivity index (χ1n) is 7.57. The van der Waals surface area contributed by atoms with Crippen LogP contribution in [0.15, 0.2) is 11.6 Å². The van der Waals surface area contributed by atoms with Crippen molar-refractivity contribution in [2.45, 2.75) is 65.3 Å². The second kappa shape index (κ2) is 6.04. The smallest absolute Gasteiger partial charge is 0.00671 e. The Morgan fingerprint density at radius 2 is 1.88 bits per heavy atom. The van der Waals surface area contributed by atoms with E-state index in [0.29, 0.717) is 0 Å². The molecule has 0 amide bonds. The molecule has 0 aromatic heterocycles. The molecule has 1 fully saturated rings. The first-order chi connectivity index (χ1) is 8.16. The summed E-state index contributed by atoms with van der Waals surface area (Å²) in [7, 11) is 0. The van der Waals surface area contributed by atoms with Crippen molar-refractivity contribution in [3.8, 4) is 0 Å². The van der Waals surface area contributed by atoms with E-state index in [-0.39, 0.29) is 0 Å². The maximum Gasteiger partial charge on any atom is 0.00671 e. The monoisotopic (exact) mass is 235 g/mol. The Morgan fingerprint density at radius 1 is 1.18 bits per heavy atom. The average molecular weight is 235 g/mol. The molecule has 1 heteroatoms. The molecule has 2 aliphatic rings. The van der Waals surface area contributed by atoms with Gasteiger partial charge >= 0.3 is 0 Å². The summed E-state index contributed by atoms with van der Waals surface area (Å²) in [6.45, 7) is 8.35. The Balaban J connectivity index is 1.81. The molecule has 0 bridgehead atoms. The summed E-state index contributed by atoms with van der Waals surface area (Å²) in [6, 6.07) is 0.815. The predicted molar refractivity (Wildman–Crippen MR) is 75.1 cm³/mol. The summed E-state index contributed by atoms with van der Waals surface area (Å²) in [6.07, 6.45) is 10.9. The largest absolute Gasteiger partial charge is 0.314 e. The summed E-state index contributed by atoms with van der Waals surface area (Å²) in [5.41, 5.74) is 1.60. The highest BCUT2D eigenvalue weighted by atomic mass is 14.9. The highest BCUT2D eigenvalue weighted by Gasteiger charge is 2.27. The van der Waals surface area contributed by atoms with Crippen LogP contribution in [-0.4, -0.2) is 12.6 Å². The average Bonchev–Trinajstić information content (AvgIpc) is 2.29. The molecule has 17 heavy (non-hydrogen) atoms. The quantitative estimate of drug-likeness (QED) is 0.725. The lowest BCUT2D eigenvalue weighted by molar-refractivity contribution is 0.240. The molecule has 2 aliphatic carbocycles. The van der Waals surface area contributed by atoms with Gasteiger partial charge in [0.2, 0.25) is 0 Å². The fraction of sp³-hybridized carbons (Fsp3) is 0.875. The highest BCUT2D eigenvalue weighted by molar-refractivity contribution is 5.08. The lowest BCUT2D eigenvalue weighted by Crippen LogP contribution is -2.39. The summed E-state index contributed by atoms with van der Waals surface area (Å²) < 4.78 is 0. The Labute approximate surface area is 107 Å². The van der Waals surface area contributed by atoms with Gasteiger partial charge in [0.15, 0.2) is 0 Å².